The molecule has 0 aliphatic carbocycles. The SMILES string of the molecule is CC1CC(C(N)=O)c2ccccc2N1C(=O)c1ccccc1Br. The number of benzene rings is 2. The van der Waals surface area contributed by atoms with Gasteiger partial charge < -0.3 is 10.6 Å². The van der Waals surface area contributed by atoms with Gasteiger partial charge in [-0.1, -0.05) is 30.3 Å². The van der Waals surface area contributed by atoms with Crippen molar-refractivity contribution < 1.29 is 9.59 Å². The Kier molecular flexibility index (Phi) is 4.22. The molecule has 0 fully saturated rings. The standard InChI is InChI=1S/C18H17BrN2O2/c1-11-10-14(17(20)22)12-6-3-5-9-16(12)21(11)18(23)13-7-2-4-8-15(13)19/h2-9,11,14H,10H2,1H3,(H2,20,22). The molecule has 1 heterocycles. The summed E-state index contributed by atoms with van der Waals surface area (Å²) in [5, 5.41) is 0. The maximum atomic E-state index is 13.0. The average molecular weight is 373 g/mol. The number of nitrogens with zero attached hydrogens (tertiary/aromatic N) is 1. The molecule has 2 aromatic rings. The van der Waals surface area contributed by atoms with Crippen LogP contribution in [0.25, 0.3) is 0 Å². The molecule has 0 bridgehead atoms. The summed E-state index contributed by atoms with van der Waals surface area (Å²) >= 11 is 3.44. The average Bonchev–Trinajstić information content (AvgIpc) is 2.54. The van der Waals surface area contributed by atoms with Crippen LogP contribution in [-0.4, -0.2) is 17.9 Å². The number of hydrogen-bond donors (Lipinski definition) is 1. The number of fused-ring (bicyclic) bond motifs is 1. The van der Waals surface area contributed by atoms with Gasteiger partial charge in [0.1, 0.15) is 0 Å². The van der Waals surface area contributed by atoms with E-state index in [-0.39, 0.29) is 23.8 Å². The van der Waals surface area contributed by atoms with Gasteiger partial charge in [0.05, 0.1) is 11.5 Å². The molecular formula is C18H17BrN2O2. The van der Waals surface area contributed by atoms with Crippen LogP contribution in [0.5, 0.6) is 0 Å². The molecule has 2 unspecified atom stereocenters. The Labute approximate surface area is 143 Å². The van der Waals surface area contributed by atoms with Crippen LogP contribution in [0.1, 0.15) is 35.2 Å². The van der Waals surface area contributed by atoms with Gasteiger partial charge in [-0.3, -0.25) is 9.59 Å². The number of halogens is 1. The van der Waals surface area contributed by atoms with E-state index < -0.39 is 0 Å². The first-order valence-electron chi connectivity index (χ1n) is 7.47. The van der Waals surface area contributed by atoms with Crippen molar-refractivity contribution in [2.75, 3.05) is 4.90 Å². The minimum Gasteiger partial charge on any atom is -0.369 e. The summed E-state index contributed by atoms with van der Waals surface area (Å²) in [4.78, 5) is 26.6. The van der Waals surface area contributed by atoms with Gasteiger partial charge in [-0.05, 0) is 53.0 Å². The molecule has 0 saturated heterocycles. The van der Waals surface area contributed by atoms with E-state index >= 15 is 0 Å². The van der Waals surface area contributed by atoms with Crippen molar-refractivity contribution in [1.82, 2.24) is 0 Å². The van der Waals surface area contributed by atoms with Crippen LogP contribution in [0.2, 0.25) is 0 Å². The van der Waals surface area contributed by atoms with Crippen LogP contribution < -0.4 is 10.6 Å². The van der Waals surface area contributed by atoms with Crippen molar-refractivity contribution in [2.45, 2.75) is 25.3 Å². The topological polar surface area (TPSA) is 63.4 Å². The minimum atomic E-state index is -0.357. The van der Waals surface area contributed by atoms with Crippen LogP contribution in [0.3, 0.4) is 0 Å². The van der Waals surface area contributed by atoms with E-state index in [1.165, 1.54) is 0 Å². The number of hydrogen-bond acceptors (Lipinski definition) is 2. The lowest BCUT2D eigenvalue weighted by Gasteiger charge is -2.38. The Bertz CT molecular complexity index is 775. The highest BCUT2D eigenvalue weighted by Gasteiger charge is 2.36. The fourth-order valence-electron chi connectivity index (χ4n) is 3.16. The Hall–Kier alpha value is -2.14. The van der Waals surface area contributed by atoms with E-state index in [2.05, 4.69) is 15.9 Å². The number of nitrogens with two attached hydrogens (primary N) is 1. The first-order valence-corrected chi connectivity index (χ1v) is 8.26. The highest BCUT2D eigenvalue weighted by atomic mass is 79.9. The monoisotopic (exact) mass is 372 g/mol. The quantitative estimate of drug-likeness (QED) is 0.876. The number of rotatable bonds is 2. The number of amides is 2. The fraction of sp³-hybridized carbons (Fsp3) is 0.222. The molecule has 2 aromatic carbocycles. The fourth-order valence-corrected chi connectivity index (χ4v) is 3.61. The number of carbonyl (C=O) groups is 2. The van der Waals surface area contributed by atoms with E-state index in [4.69, 9.17) is 5.73 Å². The van der Waals surface area contributed by atoms with Crippen LogP contribution in [0.4, 0.5) is 5.69 Å². The van der Waals surface area contributed by atoms with Crippen LogP contribution >= 0.6 is 15.9 Å². The molecule has 1 aliphatic heterocycles. The van der Waals surface area contributed by atoms with Crippen molar-refractivity contribution >= 4 is 33.4 Å². The summed E-state index contributed by atoms with van der Waals surface area (Å²) in [5.74, 6) is -0.790. The Morgan fingerprint density at radius 3 is 2.48 bits per heavy atom. The molecule has 1 aliphatic rings. The molecule has 0 radical (unpaired) electrons. The number of primary amides is 1. The maximum Gasteiger partial charge on any atom is 0.259 e. The summed E-state index contributed by atoms with van der Waals surface area (Å²) in [7, 11) is 0. The number of anilines is 1. The van der Waals surface area contributed by atoms with E-state index in [9.17, 15) is 9.59 Å². The molecule has 0 spiro atoms. The van der Waals surface area contributed by atoms with Gasteiger partial charge in [-0.25, -0.2) is 0 Å². The molecule has 23 heavy (non-hydrogen) atoms. The van der Waals surface area contributed by atoms with Crippen molar-refractivity contribution in [1.29, 1.82) is 0 Å². The van der Waals surface area contributed by atoms with Gasteiger partial charge in [0, 0.05) is 16.2 Å². The third-order valence-corrected chi connectivity index (χ3v) is 4.95. The largest absolute Gasteiger partial charge is 0.369 e. The summed E-state index contributed by atoms with van der Waals surface area (Å²) in [6, 6.07) is 14.7. The van der Waals surface area contributed by atoms with Crippen LogP contribution in [-0.2, 0) is 4.79 Å². The molecule has 2 amide bonds. The molecule has 2 atom stereocenters. The Morgan fingerprint density at radius 1 is 1.13 bits per heavy atom. The maximum absolute atomic E-state index is 13.0. The summed E-state index contributed by atoms with van der Waals surface area (Å²) < 4.78 is 0.756. The van der Waals surface area contributed by atoms with Crippen molar-refractivity contribution in [3.05, 3.63) is 64.1 Å². The van der Waals surface area contributed by atoms with Crippen LogP contribution in [0, 0.1) is 0 Å². The van der Waals surface area contributed by atoms with Crippen molar-refractivity contribution in [2.24, 2.45) is 5.73 Å². The lowest BCUT2D eigenvalue weighted by atomic mass is 9.85. The molecule has 2 N–H and O–H groups in total. The summed E-state index contributed by atoms with van der Waals surface area (Å²) in [5.41, 5.74) is 7.73. The predicted molar refractivity (Wildman–Crippen MR) is 93.4 cm³/mol. The molecule has 0 saturated carbocycles. The first kappa shape index (κ1) is 15.7. The second kappa shape index (κ2) is 6.16. The third-order valence-electron chi connectivity index (χ3n) is 4.26. The zero-order valence-corrected chi connectivity index (χ0v) is 14.3. The zero-order chi connectivity index (χ0) is 16.6. The third kappa shape index (κ3) is 2.77. The molecular weight excluding hydrogens is 356 g/mol. The van der Waals surface area contributed by atoms with Gasteiger partial charge in [0.2, 0.25) is 5.91 Å². The smallest absolute Gasteiger partial charge is 0.259 e. The van der Waals surface area contributed by atoms with Gasteiger partial charge in [-0.2, -0.15) is 0 Å². The van der Waals surface area contributed by atoms with Gasteiger partial charge >= 0.3 is 0 Å². The minimum absolute atomic E-state index is 0.0830. The van der Waals surface area contributed by atoms with E-state index in [0.29, 0.717) is 12.0 Å². The normalized spacial score (nSPS) is 20.0. The molecule has 4 nitrogen and oxygen atoms in total. The first-order chi connectivity index (χ1) is 11.0. The second-order valence-electron chi connectivity index (χ2n) is 5.75. The van der Waals surface area contributed by atoms with Crippen LogP contribution in [0.15, 0.2) is 53.0 Å². The molecule has 0 aromatic heterocycles. The Morgan fingerprint density at radius 2 is 1.78 bits per heavy atom. The Balaban J connectivity index is 2.09. The van der Waals surface area contributed by atoms with Gasteiger partial charge in [0.15, 0.2) is 0 Å². The van der Waals surface area contributed by atoms with Crippen molar-refractivity contribution in [3.8, 4) is 0 Å². The van der Waals surface area contributed by atoms with Gasteiger partial charge in [0.25, 0.3) is 5.91 Å². The number of para-hydroxylation sites is 1. The predicted octanol–water partition coefficient (Wildman–Crippen LogP) is 3.46. The van der Waals surface area contributed by atoms with E-state index in [0.717, 1.165) is 15.7 Å². The highest BCUT2D eigenvalue weighted by Crippen LogP contribution is 2.39. The second-order valence-corrected chi connectivity index (χ2v) is 6.61. The van der Waals surface area contributed by atoms with E-state index in [1.54, 1.807) is 11.0 Å². The summed E-state index contributed by atoms with van der Waals surface area (Å²) in [6.07, 6.45) is 0.530. The van der Waals surface area contributed by atoms with Gasteiger partial charge in [-0.15, -0.1) is 0 Å². The van der Waals surface area contributed by atoms with E-state index in [1.807, 2.05) is 49.4 Å². The molecule has 118 valence electrons. The summed E-state index contributed by atoms with van der Waals surface area (Å²) in [6.45, 7) is 1.95. The highest BCUT2D eigenvalue weighted by molar-refractivity contribution is 9.10. The van der Waals surface area contributed by atoms with Crippen molar-refractivity contribution in [3.63, 3.8) is 0 Å². The lowest BCUT2D eigenvalue weighted by molar-refractivity contribution is -0.119. The number of carbonyl (C=O) groups excluding carboxylic acids is 2. The zero-order valence-electron chi connectivity index (χ0n) is 12.7. The lowest BCUT2D eigenvalue weighted by Crippen LogP contribution is -2.45. The molecule has 5 heteroatoms. The molecule has 3 rings (SSSR count).